The van der Waals surface area contributed by atoms with Crippen LogP contribution in [0.1, 0.15) is 24.0 Å². The third-order valence-electron chi connectivity index (χ3n) is 4.15. The number of anilines is 1. The molecule has 5 nitrogen and oxygen atoms in total. The summed E-state index contributed by atoms with van der Waals surface area (Å²) >= 11 is 0. The predicted molar refractivity (Wildman–Crippen MR) is 102 cm³/mol. The molecule has 2 aromatic carbocycles. The molecule has 0 atom stereocenters. The van der Waals surface area contributed by atoms with Crippen LogP contribution in [0.3, 0.4) is 0 Å². The molecule has 0 aromatic heterocycles. The van der Waals surface area contributed by atoms with Crippen molar-refractivity contribution in [3.8, 4) is 5.75 Å². The largest absolute Gasteiger partial charge is 0.573 e. The zero-order valence-corrected chi connectivity index (χ0v) is 15.3. The van der Waals surface area contributed by atoms with Gasteiger partial charge >= 0.3 is 6.36 Å². The molecule has 2 N–H and O–H groups in total. The van der Waals surface area contributed by atoms with Gasteiger partial charge in [-0.25, -0.2) is 0 Å². The quantitative estimate of drug-likeness (QED) is 0.678. The Labute approximate surface area is 165 Å². The first-order chi connectivity index (χ1) is 13.8. The highest BCUT2D eigenvalue weighted by Crippen LogP contribution is 2.30. The number of rotatable bonds is 7. The standard InChI is InChI=1S/C21H19F3N2O3/c22-21(23,24)29-18-9-4-14(5-10-18)6-11-19(27)25-13-15-2-1-3-17(12-15)26-20(28)16-7-8-16/h1-6,9-12,16H,7-8,13H2,(H,25,27)(H,26,28)/b11-6+. The van der Waals surface area contributed by atoms with Crippen LogP contribution in [-0.2, 0) is 16.1 Å². The molecule has 0 bridgehead atoms. The van der Waals surface area contributed by atoms with Crippen LogP contribution in [0.2, 0.25) is 0 Å². The Kier molecular flexibility index (Phi) is 6.21. The highest BCUT2D eigenvalue weighted by atomic mass is 19.4. The Morgan fingerprint density at radius 3 is 2.48 bits per heavy atom. The highest BCUT2D eigenvalue weighted by molar-refractivity contribution is 5.94. The number of ether oxygens (including phenoxy) is 1. The summed E-state index contributed by atoms with van der Waals surface area (Å²) in [5, 5.41) is 5.57. The molecule has 1 fully saturated rings. The van der Waals surface area contributed by atoms with Crippen molar-refractivity contribution in [2.24, 2.45) is 5.92 Å². The zero-order valence-electron chi connectivity index (χ0n) is 15.3. The van der Waals surface area contributed by atoms with Gasteiger partial charge in [-0.15, -0.1) is 13.2 Å². The minimum Gasteiger partial charge on any atom is -0.406 e. The second-order valence-corrected chi connectivity index (χ2v) is 6.63. The minimum absolute atomic E-state index is 0.0146. The number of benzene rings is 2. The Morgan fingerprint density at radius 1 is 1.10 bits per heavy atom. The minimum atomic E-state index is -4.74. The van der Waals surface area contributed by atoms with Crippen molar-refractivity contribution < 1.29 is 27.5 Å². The molecule has 2 aromatic rings. The molecule has 152 valence electrons. The maximum absolute atomic E-state index is 12.1. The number of nitrogens with one attached hydrogen (secondary N) is 2. The normalized spacial score (nSPS) is 13.9. The Balaban J connectivity index is 1.48. The van der Waals surface area contributed by atoms with E-state index in [2.05, 4.69) is 15.4 Å². The first-order valence-corrected chi connectivity index (χ1v) is 9.00. The Morgan fingerprint density at radius 2 is 1.83 bits per heavy atom. The van der Waals surface area contributed by atoms with Crippen LogP contribution in [0.5, 0.6) is 5.75 Å². The second-order valence-electron chi connectivity index (χ2n) is 6.63. The number of hydrogen-bond donors (Lipinski definition) is 2. The predicted octanol–water partition coefficient (Wildman–Crippen LogP) is 4.26. The van der Waals surface area contributed by atoms with Gasteiger partial charge in [0.25, 0.3) is 0 Å². The smallest absolute Gasteiger partial charge is 0.406 e. The molecule has 29 heavy (non-hydrogen) atoms. The van der Waals surface area contributed by atoms with E-state index in [-0.39, 0.29) is 30.0 Å². The van der Waals surface area contributed by atoms with Crippen molar-refractivity contribution in [3.63, 3.8) is 0 Å². The molecule has 0 aliphatic heterocycles. The molecule has 0 saturated heterocycles. The number of amides is 2. The first-order valence-electron chi connectivity index (χ1n) is 9.00. The molecule has 2 amide bonds. The van der Waals surface area contributed by atoms with Crippen LogP contribution in [0.15, 0.2) is 54.6 Å². The van der Waals surface area contributed by atoms with Crippen LogP contribution in [-0.4, -0.2) is 18.2 Å². The van der Waals surface area contributed by atoms with E-state index in [0.29, 0.717) is 11.3 Å². The molecular weight excluding hydrogens is 385 g/mol. The van der Waals surface area contributed by atoms with E-state index >= 15 is 0 Å². The fraction of sp³-hybridized carbons (Fsp3) is 0.238. The molecule has 1 saturated carbocycles. The van der Waals surface area contributed by atoms with E-state index < -0.39 is 6.36 Å². The number of hydrogen-bond acceptors (Lipinski definition) is 3. The van der Waals surface area contributed by atoms with Crippen molar-refractivity contribution in [3.05, 3.63) is 65.7 Å². The fourth-order valence-corrected chi connectivity index (χ4v) is 2.55. The topological polar surface area (TPSA) is 67.4 Å². The summed E-state index contributed by atoms with van der Waals surface area (Å²) in [4.78, 5) is 23.8. The summed E-state index contributed by atoms with van der Waals surface area (Å²) in [5.74, 6) is -0.556. The van der Waals surface area contributed by atoms with Crippen LogP contribution in [0, 0.1) is 5.92 Å². The molecule has 0 radical (unpaired) electrons. The van der Waals surface area contributed by atoms with Crippen LogP contribution >= 0.6 is 0 Å². The molecule has 0 heterocycles. The lowest BCUT2D eigenvalue weighted by atomic mass is 10.2. The molecule has 0 spiro atoms. The molecule has 1 aliphatic carbocycles. The molecule has 3 rings (SSSR count). The summed E-state index contributed by atoms with van der Waals surface area (Å²) in [5.41, 5.74) is 2.07. The van der Waals surface area contributed by atoms with Gasteiger partial charge in [0.1, 0.15) is 5.75 Å². The van der Waals surface area contributed by atoms with E-state index in [1.54, 1.807) is 18.2 Å². The number of carbonyl (C=O) groups excluding carboxylic acids is 2. The van der Waals surface area contributed by atoms with Gasteiger partial charge in [0, 0.05) is 24.2 Å². The SMILES string of the molecule is O=C(/C=C/c1ccc(OC(F)(F)F)cc1)NCc1cccc(NC(=O)C2CC2)c1. The Bertz CT molecular complexity index is 904. The molecule has 0 unspecified atom stereocenters. The summed E-state index contributed by atoms with van der Waals surface area (Å²) in [6, 6.07) is 12.4. The van der Waals surface area contributed by atoms with Crippen molar-refractivity contribution >= 4 is 23.6 Å². The van der Waals surface area contributed by atoms with Crippen molar-refractivity contribution in [1.29, 1.82) is 0 Å². The average Bonchev–Trinajstić information content (AvgIpc) is 3.50. The third kappa shape index (κ3) is 6.99. The maximum Gasteiger partial charge on any atom is 0.573 e. The molecule has 8 heteroatoms. The average molecular weight is 404 g/mol. The fourth-order valence-electron chi connectivity index (χ4n) is 2.55. The van der Waals surface area contributed by atoms with Gasteiger partial charge in [-0.2, -0.15) is 0 Å². The number of alkyl halides is 3. The third-order valence-corrected chi connectivity index (χ3v) is 4.15. The second kappa shape index (κ2) is 8.81. The van der Waals surface area contributed by atoms with E-state index in [9.17, 15) is 22.8 Å². The number of carbonyl (C=O) groups is 2. The lowest BCUT2D eigenvalue weighted by Gasteiger charge is -2.08. The van der Waals surface area contributed by atoms with E-state index in [4.69, 9.17) is 0 Å². The highest BCUT2D eigenvalue weighted by Gasteiger charge is 2.31. The zero-order chi connectivity index (χ0) is 20.9. The van der Waals surface area contributed by atoms with Crippen LogP contribution < -0.4 is 15.4 Å². The summed E-state index contributed by atoms with van der Waals surface area (Å²) in [6.07, 6.45) is -0.120. The lowest BCUT2D eigenvalue weighted by Crippen LogP contribution is -2.20. The number of halogens is 3. The van der Waals surface area contributed by atoms with Gasteiger partial charge in [0.2, 0.25) is 11.8 Å². The first kappa shape index (κ1) is 20.4. The van der Waals surface area contributed by atoms with Gasteiger partial charge in [-0.1, -0.05) is 24.3 Å². The van der Waals surface area contributed by atoms with Crippen molar-refractivity contribution in [1.82, 2.24) is 5.32 Å². The summed E-state index contributed by atoms with van der Waals surface area (Å²) in [7, 11) is 0. The van der Waals surface area contributed by atoms with E-state index in [1.165, 1.54) is 36.4 Å². The van der Waals surface area contributed by atoms with Gasteiger partial charge in [0.05, 0.1) is 0 Å². The lowest BCUT2D eigenvalue weighted by molar-refractivity contribution is -0.274. The molecule has 1 aliphatic rings. The maximum atomic E-state index is 12.1. The van der Waals surface area contributed by atoms with E-state index in [0.717, 1.165) is 18.4 Å². The summed E-state index contributed by atoms with van der Waals surface area (Å²) in [6.45, 7) is 0.272. The van der Waals surface area contributed by atoms with Gasteiger partial charge in [-0.05, 0) is 54.3 Å². The summed E-state index contributed by atoms with van der Waals surface area (Å²) < 4.78 is 40.2. The van der Waals surface area contributed by atoms with Gasteiger partial charge in [-0.3, -0.25) is 9.59 Å². The van der Waals surface area contributed by atoms with Crippen molar-refractivity contribution in [2.45, 2.75) is 25.7 Å². The van der Waals surface area contributed by atoms with Crippen LogP contribution in [0.4, 0.5) is 18.9 Å². The Hall–Kier alpha value is -3.29. The van der Waals surface area contributed by atoms with Gasteiger partial charge < -0.3 is 15.4 Å². The van der Waals surface area contributed by atoms with Crippen LogP contribution in [0.25, 0.3) is 6.08 Å². The van der Waals surface area contributed by atoms with Gasteiger partial charge in [0.15, 0.2) is 0 Å². The monoisotopic (exact) mass is 404 g/mol. The molecular formula is C21H19F3N2O3. The van der Waals surface area contributed by atoms with Crippen molar-refractivity contribution in [2.75, 3.05) is 5.32 Å². The van der Waals surface area contributed by atoms with E-state index in [1.807, 2.05) is 6.07 Å².